The van der Waals surface area contributed by atoms with Crippen LogP contribution in [0.4, 0.5) is 0 Å². The number of amides is 1. The minimum Gasteiger partial charge on any atom is -0.489 e. The van der Waals surface area contributed by atoms with Gasteiger partial charge < -0.3 is 24.3 Å². The van der Waals surface area contributed by atoms with Gasteiger partial charge in [0.25, 0.3) is 0 Å². The van der Waals surface area contributed by atoms with Crippen molar-refractivity contribution in [2.24, 2.45) is 0 Å². The van der Waals surface area contributed by atoms with E-state index >= 15 is 0 Å². The molecule has 3 heterocycles. The molecule has 2 aliphatic rings. The molecule has 0 atom stereocenters. The standard InChI is InChI=1S/C28H28N2O5/c31-27(10-5-21-3-7-24(8-4-21)33-18-22-2-1-13-29-17-22)30-19-28(11-14-32-15-12-28)23-6-9-25-26(16-23)35-20-34-25/h1-10,13,16-17H,11-12,14-15,18-20H2,(H,30,31)/b10-5+. The molecule has 7 nitrogen and oxygen atoms in total. The fourth-order valence-electron chi connectivity index (χ4n) is 4.37. The molecule has 0 radical (unpaired) electrons. The van der Waals surface area contributed by atoms with E-state index in [0.717, 1.165) is 46.8 Å². The smallest absolute Gasteiger partial charge is 0.244 e. The molecule has 7 heteroatoms. The molecule has 1 saturated heterocycles. The van der Waals surface area contributed by atoms with Gasteiger partial charge in [-0.3, -0.25) is 9.78 Å². The maximum atomic E-state index is 12.6. The average molecular weight is 473 g/mol. The number of hydrogen-bond donors (Lipinski definition) is 1. The van der Waals surface area contributed by atoms with Crippen molar-refractivity contribution in [1.82, 2.24) is 10.3 Å². The lowest BCUT2D eigenvalue weighted by molar-refractivity contribution is -0.116. The third-order valence-corrected chi connectivity index (χ3v) is 6.47. The SMILES string of the molecule is O=C(/C=C/c1ccc(OCc2cccnc2)cc1)NCC1(c2ccc3c(c2)OCO3)CCOCC1. The Kier molecular flexibility index (Phi) is 6.95. The minimum absolute atomic E-state index is 0.131. The van der Waals surface area contributed by atoms with Gasteiger partial charge in [0.2, 0.25) is 12.7 Å². The fourth-order valence-corrected chi connectivity index (χ4v) is 4.37. The van der Waals surface area contributed by atoms with Crippen LogP contribution in [0.25, 0.3) is 6.08 Å². The summed E-state index contributed by atoms with van der Waals surface area (Å²) in [6.45, 7) is 2.56. The highest BCUT2D eigenvalue weighted by Gasteiger charge is 2.35. The lowest BCUT2D eigenvalue weighted by Gasteiger charge is -2.38. The van der Waals surface area contributed by atoms with E-state index in [9.17, 15) is 4.79 Å². The molecular formula is C28H28N2O5. The van der Waals surface area contributed by atoms with E-state index in [4.69, 9.17) is 18.9 Å². The summed E-state index contributed by atoms with van der Waals surface area (Å²) in [5.41, 5.74) is 2.87. The van der Waals surface area contributed by atoms with Crippen LogP contribution in [0.15, 0.2) is 73.1 Å². The molecule has 5 rings (SSSR count). The summed E-state index contributed by atoms with van der Waals surface area (Å²) in [4.78, 5) is 16.7. The highest BCUT2D eigenvalue weighted by atomic mass is 16.7. The Bertz CT molecular complexity index is 1170. The van der Waals surface area contributed by atoms with Gasteiger partial charge in [0.15, 0.2) is 11.5 Å². The largest absolute Gasteiger partial charge is 0.489 e. The van der Waals surface area contributed by atoms with Crippen LogP contribution in [0, 0.1) is 0 Å². The molecule has 0 saturated carbocycles. The van der Waals surface area contributed by atoms with Gasteiger partial charge in [-0.25, -0.2) is 0 Å². The molecular weight excluding hydrogens is 444 g/mol. The van der Waals surface area contributed by atoms with Gasteiger partial charge in [0, 0.05) is 49.2 Å². The number of nitrogens with zero attached hydrogens (tertiary/aromatic N) is 1. The first kappa shape index (κ1) is 22.9. The topological polar surface area (TPSA) is 78.9 Å². The van der Waals surface area contributed by atoms with E-state index in [1.807, 2.05) is 48.5 Å². The first-order chi connectivity index (χ1) is 17.2. The number of rotatable bonds is 8. The van der Waals surface area contributed by atoms with Crippen LogP contribution < -0.4 is 19.5 Å². The molecule has 1 N–H and O–H groups in total. The van der Waals surface area contributed by atoms with Gasteiger partial charge >= 0.3 is 0 Å². The fraction of sp³-hybridized carbons (Fsp3) is 0.286. The van der Waals surface area contributed by atoms with E-state index in [-0.39, 0.29) is 18.1 Å². The van der Waals surface area contributed by atoms with Crippen LogP contribution in [0.5, 0.6) is 17.2 Å². The number of nitrogens with one attached hydrogen (secondary N) is 1. The van der Waals surface area contributed by atoms with Crippen molar-refractivity contribution in [3.8, 4) is 17.2 Å². The minimum atomic E-state index is -0.198. The summed E-state index contributed by atoms with van der Waals surface area (Å²) >= 11 is 0. The van der Waals surface area contributed by atoms with Crippen molar-refractivity contribution in [1.29, 1.82) is 0 Å². The summed E-state index contributed by atoms with van der Waals surface area (Å²) < 4.78 is 22.4. The Morgan fingerprint density at radius 2 is 1.89 bits per heavy atom. The molecule has 1 amide bonds. The lowest BCUT2D eigenvalue weighted by Crippen LogP contribution is -2.44. The predicted octanol–water partition coefficient (Wildman–Crippen LogP) is 4.27. The predicted molar refractivity (Wildman–Crippen MR) is 131 cm³/mol. The van der Waals surface area contributed by atoms with Gasteiger partial charge in [-0.1, -0.05) is 24.3 Å². The summed E-state index contributed by atoms with van der Waals surface area (Å²) in [6, 6.07) is 17.5. The van der Waals surface area contributed by atoms with Crippen LogP contribution in [-0.4, -0.2) is 37.4 Å². The summed E-state index contributed by atoms with van der Waals surface area (Å²) in [7, 11) is 0. The van der Waals surface area contributed by atoms with Crippen LogP contribution in [0.2, 0.25) is 0 Å². The van der Waals surface area contributed by atoms with Crippen LogP contribution >= 0.6 is 0 Å². The van der Waals surface area contributed by atoms with Crippen molar-refractivity contribution in [3.63, 3.8) is 0 Å². The highest BCUT2D eigenvalue weighted by Crippen LogP contribution is 2.40. The van der Waals surface area contributed by atoms with E-state index in [2.05, 4.69) is 16.4 Å². The monoisotopic (exact) mass is 472 g/mol. The molecule has 2 aromatic carbocycles. The van der Waals surface area contributed by atoms with Crippen LogP contribution in [0.3, 0.4) is 0 Å². The quantitative estimate of drug-likeness (QED) is 0.494. The molecule has 2 aliphatic heterocycles. The molecule has 180 valence electrons. The molecule has 35 heavy (non-hydrogen) atoms. The zero-order valence-corrected chi connectivity index (χ0v) is 19.4. The molecule has 1 aromatic heterocycles. The summed E-state index contributed by atoms with van der Waals surface area (Å²) in [6.07, 6.45) is 8.55. The van der Waals surface area contributed by atoms with Gasteiger partial charge in [-0.15, -0.1) is 0 Å². The summed E-state index contributed by atoms with van der Waals surface area (Å²) in [5, 5.41) is 3.10. The molecule has 0 unspecified atom stereocenters. The molecule has 3 aromatic rings. The van der Waals surface area contributed by atoms with Crippen molar-refractivity contribution >= 4 is 12.0 Å². The Balaban J connectivity index is 1.18. The van der Waals surface area contributed by atoms with Crippen molar-refractivity contribution in [2.75, 3.05) is 26.6 Å². The number of ether oxygens (including phenoxy) is 4. The van der Waals surface area contributed by atoms with E-state index in [0.29, 0.717) is 26.4 Å². The summed E-state index contributed by atoms with van der Waals surface area (Å²) in [5.74, 6) is 2.15. The first-order valence-corrected chi connectivity index (χ1v) is 11.8. The number of aromatic nitrogens is 1. The second kappa shape index (κ2) is 10.6. The second-order valence-corrected chi connectivity index (χ2v) is 8.73. The van der Waals surface area contributed by atoms with Crippen molar-refractivity contribution in [2.45, 2.75) is 24.9 Å². The number of carbonyl (C=O) groups excluding carboxylic acids is 1. The van der Waals surface area contributed by atoms with Crippen molar-refractivity contribution < 1.29 is 23.7 Å². The maximum absolute atomic E-state index is 12.6. The van der Waals surface area contributed by atoms with Crippen LogP contribution in [-0.2, 0) is 21.6 Å². The number of carbonyl (C=O) groups is 1. The zero-order valence-electron chi connectivity index (χ0n) is 19.4. The Labute approximate surface area is 204 Å². The number of pyridine rings is 1. The zero-order chi connectivity index (χ0) is 23.9. The molecule has 0 spiro atoms. The third-order valence-electron chi connectivity index (χ3n) is 6.47. The average Bonchev–Trinajstić information content (AvgIpc) is 3.39. The highest BCUT2D eigenvalue weighted by molar-refractivity contribution is 5.91. The third kappa shape index (κ3) is 5.63. The number of benzene rings is 2. The van der Waals surface area contributed by atoms with E-state index in [1.165, 1.54) is 0 Å². The Morgan fingerprint density at radius 3 is 2.69 bits per heavy atom. The van der Waals surface area contributed by atoms with Gasteiger partial charge in [0.05, 0.1) is 0 Å². The van der Waals surface area contributed by atoms with E-state index < -0.39 is 0 Å². The lowest BCUT2D eigenvalue weighted by atomic mass is 9.74. The van der Waals surface area contributed by atoms with E-state index in [1.54, 1.807) is 24.5 Å². The van der Waals surface area contributed by atoms with Crippen molar-refractivity contribution in [3.05, 3.63) is 89.8 Å². The maximum Gasteiger partial charge on any atom is 0.244 e. The van der Waals surface area contributed by atoms with Gasteiger partial charge in [-0.05, 0) is 60.4 Å². The molecule has 1 fully saturated rings. The number of fused-ring (bicyclic) bond motifs is 1. The number of hydrogen-bond acceptors (Lipinski definition) is 6. The van der Waals surface area contributed by atoms with Gasteiger partial charge in [-0.2, -0.15) is 0 Å². The normalized spacial score (nSPS) is 16.2. The molecule has 0 bridgehead atoms. The Hall–Kier alpha value is -3.84. The second-order valence-electron chi connectivity index (χ2n) is 8.73. The molecule has 0 aliphatic carbocycles. The van der Waals surface area contributed by atoms with Crippen LogP contribution in [0.1, 0.15) is 29.5 Å². The Morgan fingerprint density at radius 1 is 1.06 bits per heavy atom. The van der Waals surface area contributed by atoms with Gasteiger partial charge in [0.1, 0.15) is 12.4 Å². The first-order valence-electron chi connectivity index (χ1n) is 11.8.